The molecule has 0 saturated heterocycles. The second-order valence-corrected chi connectivity index (χ2v) is 6.27. The Bertz CT molecular complexity index is 605. The number of carbonyl (C=O) groups is 1. The van der Waals surface area contributed by atoms with E-state index in [0.29, 0.717) is 19.4 Å². The summed E-state index contributed by atoms with van der Waals surface area (Å²) in [5.74, 6) is -0.272. The lowest BCUT2D eigenvalue weighted by Crippen LogP contribution is -2.25. The van der Waals surface area contributed by atoms with Crippen LogP contribution in [0.25, 0.3) is 0 Å². The molecule has 3 nitrogen and oxygen atoms in total. The Labute approximate surface area is 128 Å². The van der Waals surface area contributed by atoms with Gasteiger partial charge in [0, 0.05) is 24.3 Å². The molecule has 0 unspecified atom stereocenters. The first kappa shape index (κ1) is 15.6. The van der Waals surface area contributed by atoms with Gasteiger partial charge in [0.1, 0.15) is 5.82 Å². The molecular weight excluding hydrogens is 287 g/mol. The molecule has 1 amide bonds. The van der Waals surface area contributed by atoms with Gasteiger partial charge in [0.25, 0.3) is 0 Å². The van der Waals surface area contributed by atoms with E-state index in [9.17, 15) is 9.18 Å². The molecule has 1 aromatic heterocycles. The molecule has 1 N–H and O–H groups in total. The molecule has 0 spiro atoms. The molecule has 21 heavy (non-hydrogen) atoms. The van der Waals surface area contributed by atoms with Crippen molar-refractivity contribution in [3.63, 3.8) is 0 Å². The zero-order valence-corrected chi connectivity index (χ0v) is 13.1. The Morgan fingerprint density at radius 2 is 2.14 bits per heavy atom. The molecule has 2 rings (SSSR count). The van der Waals surface area contributed by atoms with Crippen molar-refractivity contribution in [3.8, 4) is 0 Å². The third-order valence-electron chi connectivity index (χ3n) is 3.26. The molecule has 0 aliphatic rings. The molecule has 112 valence electrons. The van der Waals surface area contributed by atoms with Crippen molar-refractivity contribution in [2.45, 2.75) is 33.1 Å². The summed E-state index contributed by atoms with van der Waals surface area (Å²) in [6.07, 6.45) is 1.68. The van der Waals surface area contributed by atoms with Crippen molar-refractivity contribution in [1.82, 2.24) is 10.3 Å². The standard InChI is InChI=1S/C16H19FN2OS/c1-11-12(2)21-16(19-11)8-9-18-15(20)7-6-13-4-3-5-14(17)10-13/h3-5,10H,6-9H2,1-2H3,(H,18,20). The summed E-state index contributed by atoms with van der Waals surface area (Å²) < 4.78 is 13.0. The zero-order chi connectivity index (χ0) is 15.2. The van der Waals surface area contributed by atoms with Crippen LogP contribution in [0.5, 0.6) is 0 Å². The highest BCUT2D eigenvalue weighted by molar-refractivity contribution is 7.11. The van der Waals surface area contributed by atoms with Gasteiger partial charge < -0.3 is 5.32 Å². The third-order valence-corrected chi connectivity index (χ3v) is 4.40. The normalized spacial score (nSPS) is 10.6. The van der Waals surface area contributed by atoms with E-state index < -0.39 is 0 Å². The van der Waals surface area contributed by atoms with E-state index >= 15 is 0 Å². The first-order chi connectivity index (χ1) is 10.0. The van der Waals surface area contributed by atoms with Crippen LogP contribution in [0.2, 0.25) is 0 Å². The number of nitrogens with zero attached hydrogens (tertiary/aromatic N) is 1. The van der Waals surface area contributed by atoms with Gasteiger partial charge in [0.15, 0.2) is 0 Å². The predicted octanol–water partition coefficient (Wildman–Crippen LogP) is 3.19. The number of halogens is 1. The second kappa shape index (κ2) is 7.31. The minimum atomic E-state index is -0.262. The maximum absolute atomic E-state index is 13.0. The second-order valence-electron chi connectivity index (χ2n) is 4.98. The highest BCUT2D eigenvalue weighted by Crippen LogP contribution is 2.16. The Hall–Kier alpha value is -1.75. The lowest BCUT2D eigenvalue weighted by molar-refractivity contribution is -0.121. The van der Waals surface area contributed by atoms with Crippen molar-refractivity contribution < 1.29 is 9.18 Å². The number of thiazole rings is 1. The third kappa shape index (κ3) is 4.93. The fourth-order valence-electron chi connectivity index (χ4n) is 1.99. The molecule has 0 aliphatic heterocycles. The van der Waals surface area contributed by atoms with E-state index in [-0.39, 0.29) is 11.7 Å². The Morgan fingerprint density at radius 3 is 2.81 bits per heavy atom. The number of aryl methyl sites for hydroxylation is 3. The fourth-order valence-corrected chi connectivity index (χ4v) is 2.93. The number of rotatable bonds is 6. The topological polar surface area (TPSA) is 42.0 Å². The molecule has 1 aromatic carbocycles. The van der Waals surface area contributed by atoms with E-state index in [1.165, 1.54) is 17.0 Å². The van der Waals surface area contributed by atoms with Gasteiger partial charge in [-0.25, -0.2) is 9.37 Å². The highest BCUT2D eigenvalue weighted by atomic mass is 32.1. The maximum Gasteiger partial charge on any atom is 0.220 e. The van der Waals surface area contributed by atoms with Gasteiger partial charge in [-0.3, -0.25) is 4.79 Å². The summed E-state index contributed by atoms with van der Waals surface area (Å²) in [5, 5.41) is 3.93. The maximum atomic E-state index is 13.0. The van der Waals surface area contributed by atoms with Crippen LogP contribution in [0, 0.1) is 19.7 Å². The van der Waals surface area contributed by atoms with Crippen molar-refractivity contribution >= 4 is 17.2 Å². The molecule has 0 bridgehead atoms. The van der Waals surface area contributed by atoms with Crippen molar-refractivity contribution in [2.24, 2.45) is 0 Å². The smallest absolute Gasteiger partial charge is 0.220 e. The number of nitrogens with one attached hydrogen (secondary N) is 1. The molecule has 0 radical (unpaired) electrons. The number of amides is 1. The molecule has 0 saturated carbocycles. The summed E-state index contributed by atoms with van der Waals surface area (Å²) in [6, 6.07) is 6.36. The lowest BCUT2D eigenvalue weighted by Gasteiger charge is -2.04. The van der Waals surface area contributed by atoms with E-state index in [0.717, 1.165) is 22.7 Å². The van der Waals surface area contributed by atoms with Crippen LogP contribution < -0.4 is 5.32 Å². The van der Waals surface area contributed by atoms with Crippen LogP contribution in [-0.4, -0.2) is 17.4 Å². The molecule has 1 heterocycles. The Kier molecular flexibility index (Phi) is 5.44. The van der Waals surface area contributed by atoms with E-state index in [1.54, 1.807) is 17.4 Å². The van der Waals surface area contributed by atoms with Gasteiger partial charge in [-0.05, 0) is 38.0 Å². The van der Waals surface area contributed by atoms with Crippen molar-refractivity contribution in [3.05, 3.63) is 51.2 Å². The first-order valence-corrected chi connectivity index (χ1v) is 7.80. The SMILES string of the molecule is Cc1nc(CCNC(=O)CCc2cccc(F)c2)sc1C. The minimum Gasteiger partial charge on any atom is -0.356 e. The number of hydrogen-bond acceptors (Lipinski definition) is 3. The predicted molar refractivity (Wildman–Crippen MR) is 83.0 cm³/mol. The van der Waals surface area contributed by atoms with Gasteiger partial charge in [-0.2, -0.15) is 0 Å². The van der Waals surface area contributed by atoms with Crippen LogP contribution >= 0.6 is 11.3 Å². The molecule has 0 atom stereocenters. The first-order valence-electron chi connectivity index (χ1n) is 6.98. The molecule has 0 fully saturated rings. The zero-order valence-electron chi connectivity index (χ0n) is 12.3. The average molecular weight is 306 g/mol. The van der Waals surface area contributed by atoms with Crippen LogP contribution in [0.3, 0.4) is 0 Å². The van der Waals surface area contributed by atoms with Crippen molar-refractivity contribution in [2.75, 3.05) is 6.54 Å². The number of benzene rings is 1. The van der Waals surface area contributed by atoms with Gasteiger partial charge in [-0.1, -0.05) is 12.1 Å². The summed E-state index contributed by atoms with van der Waals surface area (Å²) in [6.45, 7) is 4.63. The summed E-state index contributed by atoms with van der Waals surface area (Å²) in [7, 11) is 0. The van der Waals surface area contributed by atoms with Gasteiger partial charge in [-0.15, -0.1) is 11.3 Å². The highest BCUT2D eigenvalue weighted by Gasteiger charge is 2.06. The lowest BCUT2D eigenvalue weighted by atomic mass is 10.1. The Morgan fingerprint density at radius 1 is 1.33 bits per heavy atom. The van der Waals surface area contributed by atoms with Crippen LogP contribution in [-0.2, 0) is 17.6 Å². The Balaban J connectivity index is 1.70. The van der Waals surface area contributed by atoms with E-state index in [4.69, 9.17) is 0 Å². The van der Waals surface area contributed by atoms with Crippen molar-refractivity contribution in [1.29, 1.82) is 0 Å². The van der Waals surface area contributed by atoms with Crippen LogP contribution in [0.1, 0.15) is 27.6 Å². The quantitative estimate of drug-likeness (QED) is 0.890. The number of hydrogen-bond donors (Lipinski definition) is 1. The number of carbonyl (C=O) groups excluding carboxylic acids is 1. The molecular formula is C16H19FN2OS. The van der Waals surface area contributed by atoms with Gasteiger partial charge >= 0.3 is 0 Å². The van der Waals surface area contributed by atoms with Crippen LogP contribution in [0.4, 0.5) is 4.39 Å². The molecule has 5 heteroatoms. The summed E-state index contributed by atoms with van der Waals surface area (Å²) >= 11 is 1.67. The van der Waals surface area contributed by atoms with Gasteiger partial charge in [0.05, 0.1) is 10.7 Å². The van der Waals surface area contributed by atoms with E-state index in [1.807, 2.05) is 19.9 Å². The fraction of sp³-hybridized carbons (Fsp3) is 0.375. The van der Waals surface area contributed by atoms with Gasteiger partial charge in [0.2, 0.25) is 5.91 Å². The minimum absolute atomic E-state index is 0.00994. The monoisotopic (exact) mass is 306 g/mol. The largest absolute Gasteiger partial charge is 0.356 e. The molecule has 2 aromatic rings. The summed E-state index contributed by atoms with van der Waals surface area (Å²) in [4.78, 5) is 17.4. The van der Waals surface area contributed by atoms with E-state index in [2.05, 4.69) is 10.3 Å². The van der Waals surface area contributed by atoms with Crippen LogP contribution in [0.15, 0.2) is 24.3 Å². The summed E-state index contributed by atoms with van der Waals surface area (Å²) in [5.41, 5.74) is 1.91. The average Bonchev–Trinajstić information content (AvgIpc) is 2.75. The number of aromatic nitrogens is 1. The molecule has 0 aliphatic carbocycles.